The van der Waals surface area contributed by atoms with Crippen molar-refractivity contribution in [2.24, 2.45) is 5.92 Å². The quantitative estimate of drug-likeness (QED) is 0.645. The molecule has 1 aromatic heterocycles. The van der Waals surface area contributed by atoms with Crippen molar-refractivity contribution in [1.82, 2.24) is 15.3 Å². The Bertz CT molecular complexity index is 1150. The average molecular weight is 437 g/mol. The number of fused-ring (bicyclic) bond motifs is 1. The zero-order valence-electron chi connectivity index (χ0n) is 18.3. The van der Waals surface area contributed by atoms with Crippen molar-refractivity contribution in [3.63, 3.8) is 0 Å². The minimum Gasteiger partial charge on any atom is -0.507 e. The highest BCUT2D eigenvalue weighted by Crippen LogP contribution is 2.33. The Balaban J connectivity index is 0.00000162. The van der Waals surface area contributed by atoms with Crippen LogP contribution in [0.1, 0.15) is 27.7 Å². The first kappa shape index (κ1) is 20.7. The van der Waals surface area contributed by atoms with Crippen LogP contribution in [0.15, 0.2) is 42.5 Å². The van der Waals surface area contributed by atoms with Crippen LogP contribution < -0.4 is 10.2 Å². The molecule has 2 N–H and O–H groups in total. The molecule has 3 aromatic rings. The van der Waals surface area contributed by atoms with E-state index in [1.54, 1.807) is 12.1 Å². The maximum atomic E-state index is 12.7. The smallest absolute Gasteiger partial charge is 0.223 e. The van der Waals surface area contributed by atoms with Gasteiger partial charge in [-0.05, 0) is 56.0 Å². The monoisotopic (exact) mass is 436 g/mol. The number of phenols is 1. The molecular weight excluding hydrogens is 404 g/mol. The maximum Gasteiger partial charge on any atom is 0.223 e. The number of para-hydroxylation sites is 1. The Morgan fingerprint density at radius 3 is 2.78 bits per heavy atom. The number of aryl methyl sites for hydroxylation is 1. The minimum absolute atomic E-state index is 0. The van der Waals surface area contributed by atoms with Crippen molar-refractivity contribution in [2.75, 3.05) is 31.2 Å². The van der Waals surface area contributed by atoms with E-state index < -0.39 is 0 Å². The summed E-state index contributed by atoms with van der Waals surface area (Å²) in [6, 6.07) is 13.4. The van der Waals surface area contributed by atoms with Crippen LogP contribution in [0, 0.1) is 12.8 Å². The molecule has 0 spiro atoms. The molecule has 2 aliphatic rings. The van der Waals surface area contributed by atoms with Gasteiger partial charge in [-0.1, -0.05) is 18.2 Å². The molecule has 7 nitrogen and oxygen atoms in total. The van der Waals surface area contributed by atoms with Gasteiger partial charge in [-0.25, -0.2) is 9.97 Å². The zero-order chi connectivity index (χ0) is 22.1. The summed E-state index contributed by atoms with van der Waals surface area (Å²) in [5.41, 5.74) is 2.58. The summed E-state index contributed by atoms with van der Waals surface area (Å²) in [5.74, 6) is 1.70. The Morgan fingerprint density at radius 2 is 1.97 bits per heavy atom. The van der Waals surface area contributed by atoms with E-state index in [0.29, 0.717) is 31.1 Å². The van der Waals surface area contributed by atoms with E-state index >= 15 is 0 Å². The van der Waals surface area contributed by atoms with Crippen molar-refractivity contribution in [3.8, 4) is 17.1 Å². The third-order valence-corrected chi connectivity index (χ3v) is 6.40. The van der Waals surface area contributed by atoms with Gasteiger partial charge in [-0.3, -0.25) is 4.79 Å². The number of nitrogens with zero attached hydrogens (tertiary/aromatic N) is 3. The molecule has 2 saturated heterocycles. The predicted molar refractivity (Wildman–Crippen MR) is 128 cm³/mol. The van der Waals surface area contributed by atoms with Gasteiger partial charge in [0.1, 0.15) is 11.6 Å². The summed E-state index contributed by atoms with van der Waals surface area (Å²) in [7, 11) is 0. The normalized spacial score (nSPS) is 19.4. The van der Waals surface area contributed by atoms with E-state index in [0.717, 1.165) is 48.1 Å². The van der Waals surface area contributed by atoms with Crippen molar-refractivity contribution in [2.45, 2.75) is 32.2 Å². The van der Waals surface area contributed by atoms with E-state index in [2.05, 4.69) is 22.3 Å². The molecular formula is C25H32N4O3. The van der Waals surface area contributed by atoms with Crippen LogP contribution in [-0.2, 0) is 9.53 Å². The third kappa shape index (κ3) is 4.12. The lowest BCUT2D eigenvalue weighted by Gasteiger charge is -2.24. The highest BCUT2D eigenvalue weighted by molar-refractivity contribution is 5.92. The molecule has 2 fully saturated rings. The Morgan fingerprint density at radius 1 is 1.16 bits per heavy atom. The lowest BCUT2D eigenvalue weighted by molar-refractivity contribution is -0.128. The first-order valence-electron chi connectivity index (χ1n) is 11.3. The molecule has 0 radical (unpaired) electrons. The number of hydrogen-bond acceptors (Lipinski definition) is 6. The van der Waals surface area contributed by atoms with Gasteiger partial charge in [0, 0.05) is 46.5 Å². The summed E-state index contributed by atoms with van der Waals surface area (Å²) >= 11 is 0. The number of carbonyl (C=O) groups excluding carboxylic acids is 1. The number of anilines is 1. The number of carbonyl (C=O) groups is 1. The fourth-order valence-corrected chi connectivity index (χ4v) is 4.60. The number of ether oxygens (including phenoxy) is 1. The Labute approximate surface area is 190 Å². The molecule has 2 aromatic carbocycles. The van der Waals surface area contributed by atoms with Crippen LogP contribution in [0.4, 0.5) is 5.82 Å². The number of benzene rings is 2. The number of rotatable bonds is 4. The van der Waals surface area contributed by atoms with Gasteiger partial charge in [-0.15, -0.1) is 0 Å². The first-order chi connectivity index (χ1) is 15.6. The number of hydrogen-bond donors (Lipinski definition) is 2. The van der Waals surface area contributed by atoms with Crippen LogP contribution in [0.5, 0.6) is 5.75 Å². The van der Waals surface area contributed by atoms with Gasteiger partial charge >= 0.3 is 0 Å². The van der Waals surface area contributed by atoms with E-state index in [-0.39, 0.29) is 26.5 Å². The van der Waals surface area contributed by atoms with Crippen LogP contribution in [0.25, 0.3) is 22.3 Å². The molecule has 5 rings (SSSR count). The van der Waals surface area contributed by atoms with Gasteiger partial charge < -0.3 is 20.1 Å². The molecule has 1 atom stereocenters. The van der Waals surface area contributed by atoms with Crippen molar-refractivity contribution in [3.05, 3.63) is 48.0 Å². The fourth-order valence-electron chi connectivity index (χ4n) is 4.60. The topological polar surface area (TPSA) is 87.6 Å². The molecule has 2 aliphatic heterocycles. The van der Waals surface area contributed by atoms with Crippen LogP contribution in [0.2, 0.25) is 0 Å². The second-order valence-electron chi connectivity index (χ2n) is 8.74. The van der Waals surface area contributed by atoms with Crippen LogP contribution in [0.3, 0.4) is 0 Å². The van der Waals surface area contributed by atoms with E-state index in [9.17, 15) is 9.90 Å². The van der Waals surface area contributed by atoms with Gasteiger partial charge in [0.2, 0.25) is 5.91 Å². The average Bonchev–Trinajstić information content (AvgIpc) is 3.27. The van der Waals surface area contributed by atoms with Gasteiger partial charge in [-0.2, -0.15) is 0 Å². The molecule has 1 amide bonds. The molecule has 0 saturated carbocycles. The minimum atomic E-state index is 0. The number of aromatic hydroxyl groups is 1. The largest absolute Gasteiger partial charge is 0.507 e. The van der Waals surface area contributed by atoms with E-state index in [1.807, 2.05) is 25.1 Å². The zero-order valence-corrected chi connectivity index (χ0v) is 18.3. The summed E-state index contributed by atoms with van der Waals surface area (Å²) in [4.78, 5) is 24.5. The molecule has 0 unspecified atom stereocenters. The number of nitrogens with one attached hydrogen (secondary N) is 1. The number of phenolic OH excluding ortho intramolecular Hbond substituents is 1. The van der Waals surface area contributed by atoms with Gasteiger partial charge in [0.15, 0.2) is 5.82 Å². The number of aromatic nitrogens is 2. The summed E-state index contributed by atoms with van der Waals surface area (Å²) < 4.78 is 5.38. The highest BCUT2D eigenvalue weighted by atomic mass is 16.5. The fraction of sp³-hybridized carbons (Fsp3) is 0.400. The van der Waals surface area contributed by atoms with Crippen LogP contribution in [-0.4, -0.2) is 53.3 Å². The second-order valence-corrected chi connectivity index (χ2v) is 8.74. The van der Waals surface area contributed by atoms with Crippen LogP contribution >= 0.6 is 0 Å². The molecule has 0 aliphatic carbocycles. The van der Waals surface area contributed by atoms with Crippen molar-refractivity contribution < 1.29 is 17.5 Å². The summed E-state index contributed by atoms with van der Waals surface area (Å²) in [5, 5.41) is 14.6. The summed E-state index contributed by atoms with van der Waals surface area (Å²) in [6.07, 6.45) is 2.46. The molecule has 32 heavy (non-hydrogen) atoms. The van der Waals surface area contributed by atoms with Gasteiger partial charge in [0.25, 0.3) is 0 Å². The standard InChI is InChI=1S/C25H28N4O3.2H2/c1-16-6-7-19-21(14-16)27-23(20-4-2-3-5-22(20)30)28-24(19)29-11-8-18(15-29)26-25(31)17-9-12-32-13-10-17;;/h2-7,14,17-18,30H,8-13,15H2,1H3,(H,26,31);2*1H/t18-;;/m1../s1. The molecule has 7 heteroatoms. The van der Waals surface area contributed by atoms with Crippen molar-refractivity contribution >= 4 is 22.6 Å². The maximum absolute atomic E-state index is 12.7. The molecule has 3 heterocycles. The lowest BCUT2D eigenvalue weighted by atomic mass is 9.99. The van der Waals surface area contributed by atoms with E-state index in [4.69, 9.17) is 14.7 Å². The van der Waals surface area contributed by atoms with Gasteiger partial charge in [0.05, 0.1) is 11.1 Å². The van der Waals surface area contributed by atoms with Crippen molar-refractivity contribution in [1.29, 1.82) is 0 Å². The lowest BCUT2D eigenvalue weighted by Crippen LogP contribution is -2.42. The summed E-state index contributed by atoms with van der Waals surface area (Å²) in [6.45, 7) is 4.87. The number of amides is 1. The molecule has 0 bridgehead atoms. The van der Waals surface area contributed by atoms with E-state index in [1.165, 1.54) is 0 Å². The SMILES string of the molecule is Cc1ccc2c(N3CC[C@@H](NC(=O)C4CCOCC4)C3)nc(-c3ccccc3O)nc2c1.[HH].[HH]. The predicted octanol–water partition coefficient (Wildman–Crippen LogP) is 3.92. The highest BCUT2D eigenvalue weighted by Gasteiger charge is 2.29. The second kappa shape index (κ2) is 8.74. The molecule has 170 valence electrons. The Hall–Kier alpha value is -3.19. The Kier molecular flexibility index (Phi) is 5.66. The first-order valence-corrected chi connectivity index (χ1v) is 11.3. The third-order valence-electron chi connectivity index (χ3n) is 6.40.